The Morgan fingerprint density at radius 3 is 2.50 bits per heavy atom. The van der Waals surface area contributed by atoms with Crippen molar-refractivity contribution in [3.05, 3.63) is 25.0 Å². The largest absolute Gasteiger partial charge is 0.516 e. The molecular weight excluding hydrogens is 76.1 g/mol. The second-order valence-electron chi connectivity index (χ2n) is 0.909. The van der Waals surface area contributed by atoms with Crippen molar-refractivity contribution < 1.29 is 5.11 Å². The van der Waals surface area contributed by atoms with E-state index in [2.05, 4.69) is 6.58 Å². The number of aliphatic hydroxyl groups excluding tert-OH is 1. The number of hydrogen-bond donors (Lipinski definition) is 1. The van der Waals surface area contributed by atoms with Crippen LogP contribution in [0.5, 0.6) is 0 Å². The maximum Gasteiger partial charge on any atom is 0.0754 e. The van der Waals surface area contributed by atoms with Gasteiger partial charge in [-0.25, -0.2) is 0 Å². The third-order valence-corrected chi connectivity index (χ3v) is 0.408. The molecular formula is C5H8O. The average Bonchev–Trinajstić information content (AvgIpc) is 1.61. The van der Waals surface area contributed by atoms with Crippen LogP contribution >= 0.6 is 0 Å². The van der Waals surface area contributed by atoms with Crippen LogP contribution in [-0.2, 0) is 0 Å². The van der Waals surface area contributed by atoms with Crippen LogP contribution in [0.15, 0.2) is 25.0 Å². The van der Waals surface area contributed by atoms with Crippen molar-refractivity contribution in [1.29, 1.82) is 0 Å². The number of aliphatic hydroxyl groups is 1. The van der Waals surface area contributed by atoms with Crippen LogP contribution < -0.4 is 0 Å². The van der Waals surface area contributed by atoms with Crippen molar-refractivity contribution in [3.8, 4) is 0 Å². The molecule has 0 unspecified atom stereocenters. The first-order chi connectivity index (χ1) is 2.91. The van der Waals surface area contributed by atoms with Gasteiger partial charge in [0.15, 0.2) is 0 Å². The van der Waals surface area contributed by atoms with Crippen molar-refractivity contribution in [2.75, 3.05) is 0 Å². The average molecular weight is 84.1 g/mol. The highest BCUT2D eigenvalue weighted by atomic mass is 16.2. The van der Waals surface area contributed by atoms with Gasteiger partial charge >= 0.3 is 0 Å². The van der Waals surface area contributed by atoms with Gasteiger partial charge in [0, 0.05) is 0 Å². The molecule has 0 spiro atoms. The second kappa shape index (κ2) is 4.28. The minimum atomic E-state index is 0.747. The standard InChI is InChI=1S/C5H8O/c1-2-3-4-5-6/h2,4-6H,1,3H2/b5-4+. The van der Waals surface area contributed by atoms with Crippen molar-refractivity contribution in [2.24, 2.45) is 0 Å². The summed E-state index contributed by atoms with van der Waals surface area (Å²) in [7, 11) is 0. The Kier molecular flexibility index (Phi) is 3.77. The van der Waals surface area contributed by atoms with E-state index in [-0.39, 0.29) is 0 Å². The lowest BCUT2D eigenvalue weighted by Gasteiger charge is -1.69. The molecule has 34 valence electrons. The van der Waals surface area contributed by atoms with Gasteiger partial charge in [-0.2, -0.15) is 0 Å². The van der Waals surface area contributed by atoms with E-state index >= 15 is 0 Å². The summed E-state index contributed by atoms with van der Waals surface area (Å²) in [5.74, 6) is 0. The molecule has 0 heterocycles. The van der Waals surface area contributed by atoms with Crippen LogP contribution in [0.1, 0.15) is 6.42 Å². The van der Waals surface area contributed by atoms with Crippen molar-refractivity contribution in [2.45, 2.75) is 6.42 Å². The monoisotopic (exact) mass is 84.1 g/mol. The lowest BCUT2D eigenvalue weighted by Crippen LogP contribution is -1.51. The first kappa shape index (κ1) is 5.28. The van der Waals surface area contributed by atoms with Gasteiger partial charge in [-0.15, -0.1) is 6.58 Å². The van der Waals surface area contributed by atoms with Crippen LogP contribution in [0.4, 0.5) is 0 Å². The Morgan fingerprint density at radius 2 is 2.33 bits per heavy atom. The van der Waals surface area contributed by atoms with E-state index in [9.17, 15) is 0 Å². The molecule has 1 N–H and O–H groups in total. The Labute approximate surface area is 37.6 Å². The summed E-state index contributed by atoms with van der Waals surface area (Å²) in [6.07, 6.45) is 5.10. The first-order valence-electron chi connectivity index (χ1n) is 1.82. The smallest absolute Gasteiger partial charge is 0.0754 e. The van der Waals surface area contributed by atoms with Gasteiger partial charge in [0.05, 0.1) is 6.26 Å². The lowest BCUT2D eigenvalue weighted by atomic mass is 10.4. The molecule has 0 saturated carbocycles. The van der Waals surface area contributed by atoms with Crippen LogP contribution in [0.3, 0.4) is 0 Å². The predicted octanol–water partition coefficient (Wildman–Crippen LogP) is 1.63. The van der Waals surface area contributed by atoms with Gasteiger partial charge in [-0.1, -0.05) is 6.08 Å². The Bertz CT molecular complexity index is 55.0. The molecule has 0 aliphatic carbocycles. The molecule has 0 aromatic heterocycles. The summed E-state index contributed by atoms with van der Waals surface area (Å²) in [5, 5.41) is 7.97. The van der Waals surface area contributed by atoms with Crippen LogP contribution in [0.25, 0.3) is 0 Å². The van der Waals surface area contributed by atoms with Crippen LogP contribution in [0, 0.1) is 0 Å². The molecule has 6 heavy (non-hydrogen) atoms. The third kappa shape index (κ3) is 3.28. The van der Waals surface area contributed by atoms with Crippen LogP contribution in [0.2, 0.25) is 0 Å². The van der Waals surface area contributed by atoms with Gasteiger partial charge in [0.25, 0.3) is 0 Å². The normalized spacial score (nSPS) is 9.33. The molecule has 0 aromatic rings. The molecule has 1 heteroatoms. The van der Waals surface area contributed by atoms with Crippen LogP contribution in [-0.4, -0.2) is 5.11 Å². The molecule has 1 nitrogen and oxygen atoms in total. The number of rotatable bonds is 2. The maximum absolute atomic E-state index is 7.97. The highest BCUT2D eigenvalue weighted by molar-refractivity contribution is 4.81. The Morgan fingerprint density at radius 1 is 1.67 bits per heavy atom. The fourth-order valence-corrected chi connectivity index (χ4v) is 0.157. The zero-order chi connectivity index (χ0) is 4.83. The van der Waals surface area contributed by atoms with E-state index in [1.165, 1.54) is 0 Å². The third-order valence-electron chi connectivity index (χ3n) is 0.408. The van der Waals surface area contributed by atoms with E-state index in [1.54, 1.807) is 12.2 Å². The van der Waals surface area contributed by atoms with E-state index < -0.39 is 0 Å². The van der Waals surface area contributed by atoms with Crippen molar-refractivity contribution in [3.63, 3.8) is 0 Å². The van der Waals surface area contributed by atoms with E-state index in [0.29, 0.717) is 0 Å². The van der Waals surface area contributed by atoms with E-state index in [1.807, 2.05) is 0 Å². The highest BCUT2D eigenvalue weighted by Crippen LogP contribution is 1.77. The first-order valence-corrected chi connectivity index (χ1v) is 1.82. The summed E-state index contributed by atoms with van der Waals surface area (Å²) in [6, 6.07) is 0. The number of allylic oxidation sites excluding steroid dienone is 2. The van der Waals surface area contributed by atoms with Gasteiger partial charge in [-0.3, -0.25) is 0 Å². The zero-order valence-corrected chi connectivity index (χ0v) is 3.59. The van der Waals surface area contributed by atoms with Gasteiger partial charge in [0.1, 0.15) is 0 Å². The molecule has 0 amide bonds. The highest BCUT2D eigenvalue weighted by Gasteiger charge is 1.59. The molecule has 0 rings (SSSR count). The van der Waals surface area contributed by atoms with E-state index in [0.717, 1.165) is 12.7 Å². The van der Waals surface area contributed by atoms with Gasteiger partial charge < -0.3 is 5.11 Å². The predicted molar refractivity (Wildman–Crippen MR) is 26.6 cm³/mol. The number of hydrogen-bond acceptors (Lipinski definition) is 1. The molecule has 0 radical (unpaired) electrons. The molecule has 0 aromatic carbocycles. The zero-order valence-electron chi connectivity index (χ0n) is 3.59. The fraction of sp³-hybridized carbons (Fsp3) is 0.200. The fourth-order valence-electron chi connectivity index (χ4n) is 0.157. The Balaban J connectivity index is 2.85. The summed E-state index contributed by atoms with van der Waals surface area (Å²) < 4.78 is 0. The molecule has 0 atom stereocenters. The summed E-state index contributed by atoms with van der Waals surface area (Å²) >= 11 is 0. The summed E-state index contributed by atoms with van der Waals surface area (Å²) in [4.78, 5) is 0. The molecule has 0 bridgehead atoms. The molecule has 0 saturated heterocycles. The SMILES string of the molecule is C=CC/C=C/O. The van der Waals surface area contributed by atoms with Crippen molar-refractivity contribution in [1.82, 2.24) is 0 Å². The van der Waals surface area contributed by atoms with Gasteiger partial charge in [-0.05, 0) is 12.5 Å². The second-order valence-corrected chi connectivity index (χ2v) is 0.909. The van der Waals surface area contributed by atoms with E-state index in [4.69, 9.17) is 5.11 Å². The minimum absolute atomic E-state index is 0.747. The topological polar surface area (TPSA) is 20.2 Å². The maximum atomic E-state index is 7.97. The van der Waals surface area contributed by atoms with Gasteiger partial charge in [0.2, 0.25) is 0 Å². The molecule has 0 aliphatic rings. The lowest BCUT2D eigenvalue weighted by molar-refractivity contribution is 0.471. The quantitative estimate of drug-likeness (QED) is 0.398. The molecule has 0 fully saturated rings. The minimum Gasteiger partial charge on any atom is -0.516 e. The molecule has 0 aliphatic heterocycles. The summed E-state index contributed by atoms with van der Waals surface area (Å²) in [6.45, 7) is 3.44. The van der Waals surface area contributed by atoms with Crippen molar-refractivity contribution >= 4 is 0 Å². The Hall–Kier alpha value is -0.720. The summed E-state index contributed by atoms with van der Waals surface area (Å²) in [5.41, 5.74) is 0.